The van der Waals surface area contributed by atoms with Gasteiger partial charge in [-0.05, 0) is 67.4 Å². The first-order chi connectivity index (χ1) is 11.1. The van der Waals surface area contributed by atoms with Gasteiger partial charge in [0, 0.05) is 22.0 Å². The predicted molar refractivity (Wildman–Crippen MR) is 99.4 cm³/mol. The van der Waals surface area contributed by atoms with E-state index in [0.717, 1.165) is 23.2 Å². The minimum absolute atomic E-state index is 0.0162. The third-order valence-electron chi connectivity index (χ3n) is 4.82. The lowest BCUT2D eigenvalue weighted by atomic mass is 9.79. The van der Waals surface area contributed by atoms with Crippen molar-refractivity contribution in [2.45, 2.75) is 32.2 Å². The van der Waals surface area contributed by atoms with E-state index in [4.69, 9.17) is 11.6 Å². The number of aromatic amines is 1. The molecule has 5 heteroatoms. The molecule has 0 spiro atoms. The van der Waals surface area contributed by atoms with E-state index in [1.54, 1.807) is 0 Å². The zero-order valence-corrected chi connectivity index (χ0v) is 15.1. The molecule has 0 radical (unpaired) electrons. The molecule has 1 aromatic heterocycles. The summed E-state index contributed by atoms with van der Waals surface area (Å²) in [5.41, 5.74) is 1.55. The summed E-state index contributed by atoms with van der Waals surface area (Å²) in [6.07, 6.45) is 5.65. The van der Waals surface area contributed by atoms with Crippen LogP contribution in [0.1, 0.15) is 36.7 Å². The van der Waals surface area contributed by atoms with Gasteiger partial charge in [-0.1, -0.05) is 18.5 Å². The van der Waals surface area contributed by atoms with Crippen LogP contribution < -0.4 is 5.32 Å². The van der Waals surface area contributed by atoms with Gasteiger partial charge in [0.05, 0.1) is 0 Å². The molecule has 1 heterocycles. The number of hydrogen-bond donors (Lipinski definition) is 2. The van der Waals surface area contributed by atoms with E-state index in [-0.39, 0.29) is 11.9 Å². The van der Waals surface area contributed by atoms with E-state index in [1.807, 2.05) is 36.0 Å². The highest BCUT2D eigenvalue weighted by Gasteiger charge is 2.28. The standard InChI is InChI=1S/C18H23ClN2OS/c1-11-7-12(10-23-2)3-5-15(11)21-18(22)17-9-13-8-14(19)4-6-16(13)20-17/h4,6,8-9,11-12,15,20H,3,5,7,10H2,1-2H3,(H,21,22)/t11-,12+,15+/m1/s1. The van der Waals surface area contributed by atoms with Crippen LogP contribution in [0.4, 0.5) is 0 Å². The number of nitrogens with one attached hydrogen (secondary N) is 2. The molecule has 1 fully saturated rings. The van der Waals surface area contributed by atoms with E-state index in [0.29, 0.717) is 16.6 Å². The number of amides is 1. The largest absolute Gasteiger partial charge is 0.351 e. The Balaban J connectivity index is 1.66. The summed E-state index contributed by atoms with van der Waals surface area (Å²) in [7, 11) is 0. The molecular formula is C18H23ClN2OS. The van der Waals surface area contributed by atoms with Crippen LogP contribution >= 0.6 is 23.4 Å². The van der Waals surface area contributed by atoms with Crippen LogP contribution in [0.2, 0.25) is 5.02 Å². The van der Waals surface area contributed by atoms with E-state index < -0.39 is 0 Å². The van der Waals surface area contributed by atoms with Crippen molar-refractivity contribution in [3.63, 3.8) is 0 Å². The molecule has 0 saturated heterocycles. The molecule has 1 saturated carbocycles. The van der Waals surface area contributed by atoms with Crippen LogP contribution in [0.15, 0.2) is 24.3 Å². The minimum atomic E-state index is -0.0162. The lowest BCUT2D eigenvalue weighted by Crippen LogP contribution is -2.43. The molecule has 0 aliphatic heterocycles. The van der Waals surface area contributed by atoms with Gasteiger partial charge in [0.25, 0.3) is 5.91 Å². The zero-order chi connectivity index (χ0) is 16.4. The highest BCUT2D eigenvalue weighted by molar-refractivity contribution is 7.98. The summed E-state index contributed by atoms with van der Waals surface area (Å²) in [5.74, 6) is 2.54. The summed E-state index contributed by atoms with van der Waals surface area (Å²) in [5, 5.41) is 4.87. The fraction of sp³-hybridized carbons (Fsp3) is 0.500. The third-order valence-corrected chi connectivity index (χ3v) is 5.86. The SMILES string of the molecule is CSC[C@H]1CC[C@H](NC(=O)c2cc3cc(Cl)ccc3[nH]2)[C@H](C)C1. The molecule has 3 nitrogen and oxygen atoms in total. The second kappa shape index (κ2) is 7.18. The number of rotatable bonds is 4. The first-order valence-corrected chi connectivity index (χ1v) is 9.92. The second-order valence-corrected chi connectivity index (χ2v) is 7.95. The van der Waals surface area contributed by atoms with Gasteiger partial charge in [-0.3, -0.25) is 4.79 Å². The summed E-state index contributed by atoms with van der Waals surface area (Å²) in [6, 6.07) is 7.76. The molecule has 23 heavy (non-hydrogen) atoms. The molecule has 2 N–H and O–H groups in total. The van der Waals surface area contributed by atoms with Crippen molar-refractivity contribution in [3.05, 3.63) is 35.0 Å². The Morgan fingerprint density at radius 3 is 2.96 bits per heavy atom. The average Bonchev–Trinajstić information content (AvgIpc) is 2.93. The second-order valence-electron chi connectivity index (χ2n) is 6.61. The maximum atomic E-state index is 12.5. The van der Waals surface area contributed by atoms with Gasteiger partial charge in [-0.2, -0.15) is 11.8 Å². The Morgan fingerprint density at radius 1 is 1.39 bits per heavy atom. The van der Waals surface area contributed by atoms with E-state index in [9.17, 15) is 4.79 Å². The van der Waals surface area contributed by atoms with Gasteiger partial charge in [0.2, 0.25) is 0 Å². The van der Waals surface area contributed by atoms with Gasteiger partial charge >= 0.3 is 0 Å². The molecule has 2 aromatic rings. The molecule has 1 aromatic carbocycles. The normalized spacial score (nSPS) is 24.7. The van der Waals surface area contributed by atoms with Gasteiger partial charge < -0.3 is 10.3 Å². The maximum Gasteiger partial charge on any atom is 0.267 e. The fourth-order valence-corrected chi connectivity index (χ4v) is 4.54. The van der Waals surface area contributed by atoms with Crippen molar-refractivity contribution in [1.82, 2.24) is 10.3 Å². The van der Waals surface area contributed by atoms with Crippen molar-refractivity contribution in [2.75, 3.05) is 12.0 Å². The molecule has 3 atom stereocenters. The smallest absolute Gasteiger partial charge is 0.267 e. The van der Waals surface area contributed by atoms with Crippen molar-refractivity contribution in [3.8, 4) is 0 Å². The summed E-state index contributed by atoms with van der Waals surface area (Å²) in [6.45, 7) is 2.25. The number of aromatic nitrogens is 1. The van der Waals surface area contributed by atoms with Crippen molar-refractivity contribution in [2.24, 2.45) is 11.8 Å². The predicted octanol–water partition coefficient (Wildman–Crippen LogP) is 4.72. The molecule has 1 aliphatic carbocycles. The number of benzene rings is 1. The van der Waals surface area contributed by atoms with Gasteiger partial charge in [-0.15, -0.1) is 0 Å². The fourth-order valence-electron chi connectivity index (χ4n) is 3.58. The van der Waals surface area contributed by atoms with Crippen molar-refractivity contribution >= 4 is 40.2 Å². The average molecular weight is 351 g/mol. The first kappa shape index (κ1) is 16.7. The lowest BCUT2D eigenvalue weighted by Gasteiger charge is -2.34. The minimum Gasteiger partial charge on any atom is -0.351 e. The van der Waals surface area contributed by atoms with Crippen LogP contribution in [-0.4, -0.2) is 28.9 Å². The molecular weight excluding hydrogens is 328 g/mol. The third kappa shape index (κ3) is 3.86. The van der Waals surface area contributed by atoms with Crippen LogP contribution in [0.25, 0.3) is 10.9 Å². The van der Waals surface area contributed by atoms with E-state index in [2.05, 4.69) is 23.5 Å². The number of fused-ring (bicyclic) bond motifs is 1. The van der Waals surface area contributed by atoms with Crippen molar-refractivity contribution < 1.29 is 4.79 Å². The summed E-state index contributed by atoms with van der Waals surface area (Å²) in [4.78, 5) is 15.7. The highest BCUT2D eigenvalue weighted by Crippen LogP contribution is 2.31. The van der Waals surface area contributed by atoms with Gasteiger partial charge in [-0.25, -0.2) is 0 Å². The Hall–Kier alpha value is -1.13. The Labute approximate surface area is 146 Å². The van der Waals surface area contributed by atoms with E-state index >= 15 is 0 Å². The Bertz CT molecular complexity index is 699. The van der Waals surface area contributed by atoms with Crippen LogP contribution in [0.5, 0.6) is 0 Å². The molecule has 1 aliphatic rings. The van der Waals surface area contributed by atoms with Crippen LogP contribution in [-0.2, 0) is 0 Å². The van der Waals surface area contributed by atoms with E-state index in [1.165, 1.54) is 18.6 Å². The number of carbonyl (C=O) groups excluding carboxylic acids is 1. The van der Waals surface area contributed by atoms with Crippen molar-refractivity contribution in [1.29, 1.82) is 0 Å². The lowest BCUT2D eigenvalue weighted by molar-refractivity contribution is 0.0896. The van der Waals surface area contributed by atoms with Crippen LogP contribution in [0.3, 0.4) is 0 Å². The number of H-pyrrole nitrogens is 1. The molecule has 1 amide bonds. The monoisotopic (exact) mass is 350 g/mol. The number of thioether (sulfide) groups is 1. The molecule has 3 rings (SSSR count). The number of halogens is 1. The summed E-state index contributed by atoms with van der Waals surface area (Å²) >= 11 is 7.93. The topological polar surface area (TPSA) is 44.9 Å². The first-order valence-electron chi connectivity index (χ1n) is 8.15. The summed E-state index contributed by atoms with van der Waals surface area (Å²) < 4.78 is 0. The molecule has 124 valence electrons. The number of carbonyl (C=O) groups is 1. The Kier molecular flexibility index (Phi) is 5.22. The zero-order valence-electron chi connectivity index (χ0n) is 13.6. The van der Waals surface area contributed by atoms with Crippen LogP contribution in [0, 0.1) is 11.8 Å². The molecule has 0 unspecified atom stereocenters. The number of hydrogen-bond acceptors (Lipinski definition) is 2. The van der Waals surface area contributed by atoms with Gasteiger partial charge in [0.1, 0.15) is 5.69 Å². The maximum absolute atomic E-state index is 12.5. The Morgan fingerprint density at radius 2 is 2.22 bits per heavy atom. The molecule has 0 bridgehead atoms. The highest BCUT2D eigenvalue weighted by atomic mass is 35.5. The quantitative estimate of drug-likeness (QED) is 0.838. The van der Waals surface area contributed by atoms with Gasteiger partial charge in [0.15, 0.2) is 0 Å².